The summed E-state index contributed by atoms with van der Waals surface area (Å²) < 4.78 is 11.2. The van der Waals surface area contributed by atoms with E-state index in [2.05, 4.69) is 44.1 Å². The average Bonchev–Trinajstić information content (AvgIpc) is 3.16. The molecule has 0 bridgehead atoms. The van der Waals surface area contributed by atoms with Crippen molar-refractivity contribution in [3.05, 3.63) is 23.9 Å². The molecule has 158 valence electrons. The zero-order valence-corrected chi connectivity index (χ0v) is 19.6. The third-order valence-electron chi connectivity index (χ3n) is 5.18. The van der Waals surface area contributed by atoms with E-state index in [9.17, 15) is 0 Å². The Kier molecular flexibility index (Phi) is 9.73. The number of aromatic nitrogens is 1. The van der Waals surface area contributed by atoms with Gasteiger partial charge in [0.2, 0.25) is 0 Å². The second kappa shape index (κ2) is 11.8. The molecule has 2 aliphatic rings. The highest BCUT2D eigenvalue weighted by molar-refractivity contribution is 14.0. The van der Waals surface area contributed by atoms with Gasteiger partial charge >= 0.3 is 0 Å². The van der Waals surface area contributed by atoms with Gasteiger partial charge in [0, 0.05) is 58.5 Å². The summed E-state index contributed by atoms with van der Waals surface area (Å²) in [5, 5.41) is 3.51. The van der Waals surface area contributed by atoms with Crippen LogP contribution in [-0.4, -0.2) is 75.0 Å². The highest BCUT2D eigenvalue weighted by Crippen LogP contribution is 2.18. The molecule has 0 radical (unpaired) electrons. The maximum Gasteiger partial charge on any atom is 0.193 e. The standard InChI is InChI=1S/C20H33N5O2.HI/c1-4-26-15-18-6-8-25(14-18)20(21-3)23-12-17-5-7-22-19(11-17)24-9-10-27-16(2)13-24;/h5,7,11,16,18H,4,6,8-10,12-15H2,1-3H3,(H,21,23);1H. The van der Waals surface area contributed by atoms with Gasteiger partial charge in [-0.2, -0.15) is 0 Å². The molecule has 2 aliphatic heterocycles. The number of nitrogens with zero attached hydrogens (tertiary/aromatic N) is 4. The van der Waals surface area contributed by atoms with Crippen molar-refractivity contribution in [1.82, 2.24) is 15.2 Å². The van der Waals surface area contributed by atoms with Crippen LogP contribution in [0.15, 0.2) is 23.3 Å². The minimum Gasteiger partial charge on any atom is -0.381 e. The Morgan fingerprint density at radius 3 is 3.00 bits per heavy atom. The minimum atomic E-state index is 0. The molecule has 0 aromatic carbocycles. The van der Waals surface area contributed by atoms with Crippen molar-refractivity contribution in [3.8, 4) is 0 Å². The third kappa shape index (κ3) is 6.45. The Labute approximate surface area is 185 Å². The van der Waals surface area contributed by atoms with Gasteiger partial charge in [-0.15, -0.1) is 24.0 Å². The summed E-state index contributed by atoms with van der Waals surface area (Å²) in [6, 6.07) is 4.23. The van der Waals surface area contributed by atoms with Crippen molar-refractivity contribution >= 4 is 35.8 Å². The van der Waals surface area contributed by atoms with Gasteiger partial charge in [-0.3, -0.25) is 4.99 Å². The van der Waals surface area contributed by atoms with Crippen LogP contribution in [-0.2, 0) is 16.0 Å². The first-order valence-electron chi connectivity index (χ1n) is 10.0. The van der Waals surface area contributed by atoms with Crippen LogP contribution in [0.1, 0.15) is 25.8 Å². The normalized spacial score (nSPS) is 22.9. The Morgan fingerprint density at radius 2 is 2.25 bits per heavy atom. The highest BCUT2D eigenvalue weighted by Gasteiger charge is 2.25. The Bertz CT molecular complexity index is 630. The zero-order valence-electron chi connectivity index (χ0n) is 17.3. The van der Waals surface area contributed by atoms with Gasteiger partial charge in [0.05, 0.1) is 19.3 Å². The molecule has 0 saturated carbocycles. The lowest BCUT2D eigenvalue weighted by atomic mass is 10.1. The minimum absolute atomic E-state index is 0. The van der Waals surface area contributed by atoms with E-state index < -0.39 is 0 Å². The molecular weight excluding hydrogens is 469 g/mol. The number of rotatable bonds is 6. The molecule has 0 amide bonds. The van der Waals surface area contributed by atoms with Crippen LogP contribution < -0.4 is 10.2 Å². The molecule has 2 unspecified atom stereocenters. The summed E-state index contributed by atoms with van der Waals surface area (Å²) in [6.45, 7) is 11.1. The van der Waals surface area contributed by atoms with E-state index in [0.29, 0.717) is 5.92 Å². The van der Waals surface area contributed by atoms with Gasteiger partial charge in [-0.1, -0.05) is 0 Å². The van der Waals surface area contributed by atoms with Crippen molar-refractivity contribution in [2.75, 3.05) is 57.9 Å². The van der Waals surface area contributed by atoms with Crippen molar-refractivity contribution < 1.29 is 9.47 Å². The van der Waals surface area contributed by atoms with Crippen LogP contribution in [0.25, 0.3) is 0 Å². The molecule has 2 fully saturated rings. The summed E-state index contributed by atoms with van der Waals surface area (Å²) in [6.07, 6.45) is 3.30. The van der Waals surface area contributed by atoms with Crippen LogP contribution >= 0.6 is 24.0 Å². The van der Waals surface area contributed by atoms with E-state index >= 15 is 0 Å². The van der Waals surface area contributed by atoms with Gasteiger partial charge in [-0.05, 0) is 38.0 Å². The number of halogens is 1. The van der Waals surface area contributed by atoms with E-state index in [4.69, 9.17) is 9.47 Å². The number of likely N-dealkylation sites (tertiary alicyclic amines) is 1. The Hall–Kier alpha value is -1.13. The fourth-order valence-electron chi connectivity index (χ4n) is 3.73. The molecule has 1 aromatic heterocycles. The van der Waals surface area contributed by atoms with E-state index in [1.807, 2.05) is 20.2 Å². The average molecular weight is 503 g/mol. The first kappa shape index (κ1) is 23.2. The van der Waals surface area contributed by atoms with E-state index in [1.54, 1.807) is 0 Å². The van der Waals surface area contributed by atoms with Crippen LogP contribution in [0, 0.1) is 5.92 Å². The second-order valence-electron chi connectivity index (χ2n) is 7.31. The molecule has 0 spiro atoms. The van der Waals surface area contributed by atoms with Crippen LogP contribution in [0.3, 0.4) is 0 Å². The zero-order chi connectivity index (χ0) is 19.1. The summed E-state index contributed by atoms with van der Waals surface area (Å²) in [5.74, 6) is 2.59. The Morgan fingerprint density at radius 1 is 1.39 bits per heavy atom. The maximum atomic E-state index is 5.63. The molecule has 0 aliphatic carbocycles. The van der Waals surface area contributed by atoms with Gasteiger partial charge in [0.1, 0.15) is 5.82 Å². The molecule has 7 nitrogen and oxygen atoms in total. The molecule has 3 heterocycles. The number of hydrogen-bond acceptors (Lipinski definition) is 5. The topological polar surface area (TPSA) is 62.2 Å². The highest BCUT2D eigenvalue weighted by atomic mass is 127. The number of ether oxygens (including phenoxy) is 2. The quantitative estimate of drug-likeness (QED) is 0.366. The lowest BCUT2D eigenvalue weighted by molar-refractivity contribution is 0.0529. The van der Waals surface area contributed by atoms with Gasteiger partial charge in [0.15, 0.2) is 5.96 Å². The maximum absolute atomic E-state index is 5.63. The van der Waals surface area contributed by atoms with Gasteiger partial charge in [-0.25, -0.2) is 4.98 Å². The summed E-state index contributed by atoms with van der Waals surface area (Å²) in [4.78, 5) is 13.6. The number of hydrogen-bond donors (Lipinski definition) is 1. The smallest absolute Gasteiger partial charge is 0.193 e. The SMILES string of the molecule is CCOCC1CCN(C(=NC)NCc2ccnc(N3CCOC(C)C3)c2)C1.I. The number of pyridine rings is 1. The number of morpholine rings is 1. The monoisotopic (exact) mass is 503 g/mol. The second-order valence-corrected chi connectivity index (χ2v) is 7.31. The molecule has 3 rings (SSSR count). The Balaban J connectivity index is 0.00000280. The van der Waals surface area contributed by atoms with Crippen molar-refractivity contribution in [1.29, 1.82) is 0 Å². The first-order valence-corrected chi connectivity index (χ1v) is 10.0. The lowest BCUT2D eigenvalue weighted by Gasteiger charge is -2.32. The number of aliphatic imine (C=N–C) groups is 1. The molecule has 1 N–H and O–H groups in total. The number of anilines is 1. The number of nitrogens with one attached hydrogen (secondary N) is 1. The van der Waals surface area contributed by atoms with Gasteiger partial charge in [0.25, 0.3) is 0 Å². The molecule has 1 aromatic rings. The summed E-state index contributed by atoms with van der Waals surface area (Å²) in [7, 11) is 1.85. The van der Waals surface area contributed by atoms with Crippen molar-refractivity contribution in [2.24, 2.45) is 10.9 Å². The van der Waals surface area contributed by atoms with Crippen LogP contribution in [0.4, 0.5) is 5.82 Å². The summed E-state index contributed by atoms with van der Waals surface area (Å²) >= 11 is 0. The third-order valence-corrected chi connectivity index (χ3v) is 5.18. The first-order chi connectivity index (χ1) is 13.2. The van der Waals surface area contributed by atoms with E-state index in [-0.39, 0.29) is 30.1 Å². The summed E-state index contributed by atoms with van der Waals surface area (Å²) in [5.41, 5.74) is 1.21. The van der Waals surface area contributed by atoms with E-state index in [0.717, 1.165) is 70.7 Å². The molecule has 8 heteroatoms. The largest absolute Gasteiger partial charge is 0.381 e. The molecular formula is C20H34IN5O2. The fourth-order valence-corrected chi connectivity index (χ4v) is 3.73. The molecule has 2 atom stereocenters. The molecule has 28 heavy (non-hydrogen) atoms. The molecule has 2 saturated heterocycles. The lowest BCUT2D eigenvalue weighted by Crippen LogP contribution is -2.41. The van der Waals surface area contributed by atoms with E-state index in [1.165, 1.54) is 5.56 Å². The van der Waals surface area contributed by atoms with Crippen molar-refractivity contribution in [3.63, 3.8) is 0 Å². The number of guanidine groups is 1. The predicted molar refractivity (Wildman–Crippen MR) is 124 cm³/mol. The van der Waals surface area contributed by atoms with Crippen molar-refractivity contribution in [2.45, 2.75) is 32.9 Å². The predicted octanol–water partition coefficient (Wildman–Crippen LogP) is 2.36. The fraction of sp³-hybridized carbons (Fsp3) is 0.700. The van der Waals surface area contributed by atoms with Crippen LogP contribution in [0.2, 0.25) is 0 Å². The van der Waals surface area contributed by atoms with Gasteiger partial charge < -0.3 is 24.6 Å². The van der Waals surface area contributed by atoms with Crippen LogP contribution in [0.5, 0.6) is 0 Å².